The van der Waals surface area contributed by atoms with Crippen molar-refractivity contribution in [1.29, 1.82) is 0 Å². The van der Waals surface area contributed by atoms with Gasteiger partial charge in [-0.2, -0.15) is 18.2 Å². The molecule has 0 spiro atoms. The standard InChI is InChI=1S/C26H25F3N4O4/c1-36-22-14-13-20(23(32-22)37-2)16-5-11-19(12-6-16)33-15-3-4-21(24(33)34)31-25(35)30-18-9-7-17(8-10-18)26(27,28)29/h5-14,21H,3-4,15H2,1-2H3,(H2,30,31,35)/t21-/m1/s1. The van der Waals surface area contributed by atoms with E-state index in [4.69, 9.17) is 9.47 Å². The topological polar surface area (TPSA) is 92.8 Å². The Morgan fingerprint density at radius 2 is 1.70 bits per heavy atom. The van der Waals surface area contributed by atoms with Gasteiger partial charge in [0.2, 0.25) is 17.7 Å². The number of nitrogens with zero attached hydrogens (tertiary/aromatic N) is 2. The van der Waals surface area contributed by atoms with E-state index in [9.17, 15) is 22.8 Å². The molecule has 0 bridgehead atoms. The van der Waals surface area contributed by atoms with E-state index in [-0.39, 0.29) is 11.6 Å². The van der Waals surface area contributed by atoms with E-state index in [1.165, 1.54) is 14.2 Å². The van der Waals surface area contributed by atoms with Crippen molar-refractivity contribution in [2.24, 2.45) is 0 Å². The Morgan fingerprint density at radius 3 is 2.32 bits per heavy atom. The summed E-state index contributed by atoms with van der Waals surface area (Å²) in [7, 11) is 3.04. The highest BCUT2D eigenvalue weighted by Crippen LogP contribution is 2.32. The van der Waals surface area contributed by atoms with Gasteiger partial charge < -0.3 is 25.0 Å². The molecule has 2 aromatic carbocycles. The zero-order valence-corrected chi connectivity index (χ0v) is 20.1. The minimum Gasteiger partial charge on any atom is -0.481 e. The van der Waals surface area contributed by atoms with Gasteiger partial charge >= 0.3 is 12.2 Å². The lowest BCUT2D eigenvalue weighted by Gasteiger charge is -2.32. The Kier molecular flexibility index (Phi) is 7.51. The molecule has 0 radical (unpaired) electrons. The number of halogens is 3. The average molecular weight is 515 g/mol. The summed E-state index contributed by atoms with van der Waals surface area (Å²) in [5, 5.41) is 5.10. The van der Waals surface area contributed by atoms with Crippen molar-refractivity contribution in [3.8, 4) is 22.9 Å². The van der Waals surface area contributed by atoms with Crippen molar-refractivity contribution in [2.75, 3.05) is 31.0 Å². The number of anilines is 2. The lowest BCUT2D eigenvalue weighted by atomic mass is 10.0. The van der Waals surface area contributed by atoms with Gasteiger partial charge in [0, 0.05) is 29.5 Å². The number of aromatic nitrogens is 1. The van der Waals surface area contributed by atoms with Gasteiger partial charge in [-0.3, -0.25) is 4.79 Å². The summed E-state index contributed by atoms with van der Waals surface area (Å²) >= 11 is 0. The number of benzene rings is 2. The molecule has 3 aromatic rings. The number of pyridine rings is 1. The Hall–Kier alpha value is -4.28. The molecular weight excluding hydrogens is 489 g/mol. The predicted octanol–water partition coefficient (Wildman–Crippen LogP) is 5.10. The van der Waals surface area contributed by atoms with Gasteiger partial charge in [0.15, 0.2) is 0 Å². The molecule has 1 aromatic heterocycles. The van der Waals surface area contributed by atoms with E-state index in [1.807, 2.05) is 30.3 Å². The molecule has 8 nitrogen and oxygen atoms in total. The molecule has 4 rings (SSSR count). The first-order valence-corrected chi connectivity index (χ1v) is 11.4. The van der Waals surface area contributed by atoms with Crippen LogP contribution in [0, 0.1) is 0 Å². The molecule has 1 fully saturated rings. The minimum absolute atomic E-state index is 0.185. The van der Waals surface area contributed by atoms with Crippen LogP contribution in [0.4, 0.5) is 29.3 Å². The van der Waals surface area contributed by atoms with E-state index in [2.05, 4.69) is 15.6 Å². The third-order valence-corrected chi connectivity index (χ3v) is 5.94. The molecule has 11 heteroatoms. The summed E-state index contributed by atoms with van der Waals surface area (Å²) in [5.74, 6) is 0.562. The molecule has 1 aliphatic rings. The van der Waals surface area contributed by atoms with E-state index in [0.717, 1.165) is 35.4 Å². The second-order valence-electron chi connectivity index (χ2n) is 8.32. The summed E-state index contributed by atoms with van der Waals surface area (Å²) < 4.78 is 48.7. The number of methoxy groups -OCH3 is 2. The molecule has 1 saturated heterocycles. The smallest absolute Gasteiger partial charge is 0.416 e. The van der Waals surface area contributed by atoms with Crippen LogP contribution in [-0.4, -0.2) is 43.7 Å². The highest BCUT2D eigenvalue weighted by molar-refractivity contribution is 6.01. The number of nitrogens with one attached hydrogen (secondary N) is 2. The summed E-state index contributed by atoms with van der Waals surface area (Å²) in [6, 6.07) is 13.5. The molecule has 194 valence electrons. The van der Waals surface area contributed by atoms with E-state index in [1.54, 1.807) is 11.0 Å². The first-order valence-electron chi connectivity index (χ1n) is 11.4. The van der Waals surface area contributed by atoms with Crippen LogP contribution >= 0.6 is 0 Å². The number of carbonyl (C=O) groups is 2. The second-order valence-corrected chi connectivity index (χ2v) is 8.32. The number of piperidine rings is 1. The number of hydrogen-bond donors (Lipinski definition) is 2. The van der Waals surface area contributed by atoms with Crippen LogP contribution in [0.1, 0.15) is 18.4 Å². The highest BCUT2D eigenvalue weighted by Gasteiger charge is 2.32. The Balaban J connectivity index is 1.41. The summed E-state index contributed by atoms with van der Waals surface area (Å²) in [6.07, 6.45) is -3.36. The van der Waals surface area contributed by atoms with Crippen LogP contribution in [0.2, 0.25) is 0 Å². The molecule has 1 atom stereocenters. The van der Waals surface area contributed by atoms with Gasteiger partial charge in [-0.15, -0.1) is 0 Å². The highest BCUT2D eigenvalue weighted by atomic mass is 19.4. The second kappa shape index (κ2) is 10.8. The fourth-order valence-electron chi connectivity index (χ4n) is 4.07. The van der Waals surface area contributed by atoms with Crippen LogP contribution in [0.15, 0.2) is 60.7 Å². The molecule has 0 unspecified atom stereocenters. The number of alkyl halides is 3. The Morgan fingerprint density at radius 1 is 1.00 bits per heavy atom. The summed E-state index contributed by atoms with van der Waals surface area (Å²) in [5.41, 5.74) is 1.64. The number of rotatable bonds is 6. The quantitative estimate of drug-likeness (QED) is 0.478. The normalized spacial score (nSPS) is 15.8. The van der Waals surface area contributed by atoms with Crippen molar-refractivity contribution in [3.05, 3.63) is 66.2 Å². The molecule has 1 aliphatic heterocycles. The maximum atomic E-state index is 13.1. The fourth-order valence-corrected chi connectivity index (χ4v) is 4.07. The molecule has 37 heavy (non-hydrogen) atoms. The van der Waals surface area contributed by atoms with Crippen LogP contribution in [0.25, 0.3) is 11.1 Å². The maximum Gasteiger partial charge on any atom is 0.416 e. The predicted molar refractivity (Wildman–Crippen MR) is 132 cm³/mol. The number of carbonyl (C=O) groups excluding carboxylic acids is 2. The monoisotopic (exact) mass is 514 g/mol. The van der Waals surface area contributed by atoms with Crippen molar-refractivity contribution >= 4 is 23.3 Å². The Bertz CT molecular complexity index is 1260. The van der Waals surface area contributed by atoms with Crippen LogP contribution < -0.4 is 25.0 Å². The lowest BCUT2D eigenvalue weighted by Crippen LogP contribution is -2.53. The van der Waals surface area contributed by atoms with Gasteiger partial charge in [0.25, 0.3) is 0 Å². The van der Waals surface area contributed by atoms with Crippen molar-refractivity contribution < 1.29 is 32.2 Å². The van der Waals surface area contributed by atoms with Gasteiger partial charge in [-0.25, -0.2) is 4.79 Å². The van der Waals surface area contributed by atoms with E-state index in [0.29, 0.717) is 36.8 Å². The van der Waals surface area contributed by atoms with Gasteiger partial charge in [0.1, 0.15) is 6.04 Å². The van der Waals surface area contributed by atoms with Gasteiger partial charge in [-0.05, 0) is 60.9 Å². The maximum absolute atomic E-state index is 13.1. The average Bonchev–Trinajstić information content (AvgIpc) is 2.89. The minimum atomic E-state index is -4.46. The van der Waals surface area contributed by atoms with Crippen molar-refractivity contribution in [3.63, 3.8) is 0 Å². The van der Waals surface area contributed by atoms with Crippen molar-refractivity contribution in [2.45, 2.75) is 25.1 Å². The zero-order valence-electron chi connectivity index (χ0n) is 20.1. The van der Waals surface area contributed by atoms with Crippen LogP contribution in [-0.2, 0) is 11.0 Å². The fraction of sp³-hybridized carbons (Fsp3) is 0.269. The number of hydrogen-bond acceptors (Lipinski definition) is 5. The Labute approximate surface area is 211 Å². The first-order chi connectivity index (χ1) is 17.7. The number of amides is 3. The van der Waals surface area contributed by atoms with Gasteiger partial charge in [-0.1, -0.05) is 12.1 Å². The molecular formula is C26H25F3N4O4. The first kappa shape index (κ1) is 25.8. The lowest BCUT2D eigenvalue weighted by molar-refractivity contribution is -0.137. The van der Waals surface area contributed by atoms with Gasteiger partial charge in [0.05, 0.1) is 19.8 Å². The van der Waals surface area contributed by atoms with Crippen molar-refractivity contribution in [1.82, 2.24) is 10.3 Å². The SMILES string of the molecule is COc1ccc(-c2ccc(N3CCC[C@@H](NC(=O)Nc4ccc(C(F)(F)F)cc4)C3=O)cc2)c(OC)n1. The number of ether oxygens (including phenoxy) is 2. The molecule has 0 aliphatic carbocycles. The van der Waals surface area contributed by atoms with E-state index >= 15 is 0 Å². The molecule has 2 heterocycles. The molecule has 0 saturated carbocycles. The third kappa shape index (κ3) is 5.93. The van der Waals surface area contributed by atoms with Crippen LogP contribution in [0.5, 0.6) is 11.8 Å². The molecule has 2 N–H and O–H groups in total. The molecule has 3 amide bonds. The summed E-state index contributed by atoms with van der Waals surface area (Å²) in [6.45, 7) is 0.490. The zero-order chi connectivity index (χ0) is 26.6. The van der Waals surface area contributed by atoms with E-state index < -0.39 is 23.8 Å². The number of urea groups is 1. The van der Waals surface area contributed by atoms with Crippen LogP contribution in [0.3, 0.4) is 0 Å². The summed E-state index contributed by atoms with van der Waals surface area (Å²) in [4.78, 5) is 31.4. The largest absolute Gasteiger partial charge is 0.481 e. The third-order valence-electron chi connectivity index (χ3n) is 5.94.